The zero-order valence-corrected chi connectivity index (χ0v) is 12.7. The first-order valence-electron chi connectivity index (χ1n) is 7.46. The molecule has 4 rings (SSSR count). The van der Waals surface area contributed by atoms with Crippen LogP contribution >= 0.6 is 0 Å². The summed E-state index contributed by atoms with van der Waals surface area (Å²) in [6.07, 6.45) is 0.324. The number of fused-ring (bicyclic) bond motifs is 2. The predicted octanol–water partition coefficient (Wildman–Crippen LogP) is 3.39. The van der Waals surface area contributed by atoms with Crippen molar-refractivity contribution in [1.29, 1.82) is 0 Å². The van der Waals surface area contributed by atoms with E-state index in [4.69, 9.17) is 9.47 Å². The highest BCUT2D eigenvalue weighted by atomic mass is 16.7. The van der Waals surface area contributed by atoms with Gasteiger partial charge in [0.15, 0.2) is 11.5 Å². The molecule has 1 aliphatic rings. The molecule has 0 saturated heterocycles. The lowest BCUT2D eigenvalue weighted by Gasteiger charge is -2.06. The molecule has 2 heterocycles. The largest absolute Gasteiger partial charge is 0.454 e. The number of aryl methyl sites for hydroxylation is 1. The van der Waals surface area contributed by atoms with E-state index in [1.807, 2.05) is 37.3 Å². The fraction of sp³-hybridized carbons (Fsp3) is 0.167. The molecular formula is C18H16N2O3. The Kier molecular flexibility index (Phi) is 3.19. The van der Waals surface area contributed by atoms with Crippen molar-refractivity contribution in [3.8, 4) is 11.5 Å². The van der Waals surface area contributed by atoms with Crippen molar-refractivity contribution in [2.75, 3.05) is 12.1 Å². The summed E-state index contributed by atoms with van der Waals surface area (Å²) in [5.41, 5.74) is 3.80. The number of aromatic amines is 1. The molecule has 3 aromatic rings. The van der Waals surface area contributed by atoms with Gasteiger partial charge in [-0.1, -0.05) is 18.2 Å². The summed E-state index contributed by atoms with van der Waals surface area (Å²) < 4.78 is 10.6. The van der Waals surface area contributed by atoms with Crippen LogP contribution in [0.4, 0.5) is 5.69 Å². The van der Waals surface area contributed by atoms with Crippen molar-refractivity contribution >= 4 is 22.5 Å². The van der Waals surface area contributed by atoms with Gasteiger partial charge in [0.2, 0.25) is 12.7 Å². The third-order valence-corrected chi connectivity index (χ3v) is 4.02. The minimum Gasteiger partial charge on any atom is -0.454 e. The van der Waals surface area contributed by atoms with Gasteiger partial charge in [0.05, 0.1) is 6.42 Å². The molecule has 0 radical (unpaired) electrons. The summed E-state index contributed by atoms with van der Waals surface area (Å²) >= 11 is 0. The molecule has 0 fully saturated rings. The summed E-state index contributed by atoms with van der Waals surface area (Å²) in [5, 5.41) is 4.00. The Bertz CT molecular complexity index is 898. The molecule has 23 heavy (non-hydrogen) atoms. The van der Waals surface area contributed by atoms with Gasteiger partial charge in [-0.15, -0.1) is 0 Å². The average Bonchev–Trinajstić information content (AvgIpc) is 3.12. The van der Waals surface area contributed by atoms with Crippen LogP contribution in [0.5, 0.6) is 11.5 Å². The van der Waals surface area contributed by atoms with Gasteiger partial charge in [-0.25, -0.2) is 0 Å². The first-order chi connectivity index (χ1) is 11.2. The van der Waals surface area contributed by atoms with E-state index in [9.17, 15) is 4.79 Å². The molecule has 5 heteroatoms. The molecule has 0 atom stereocenters. The Morgan fingerprint density at radius 3 is 2.91 bits per heavy atom. The summed E-state index contributed by atoms with van der Waals surface area (Å²) in [7, 11) is 0. The average molecular weight is 308 g/mol. The lowest BCUT2D eigenvalue weighted by atomic mass is 10.1. The van der Waals surface area contributed by atoms with E-state index in [1.54, 1.807) is 12.1 Å². The minimum absolute atomic E-state index is 0.0586. The predicted molar refractivity (Wildman–Crippen MR) is 87.9 cm³/mol. The van der Waals surface area contributed by atoms with Gasteiger partial charge in [-0.3, -0.25) is 4.79 Å². The highest BCUT2D eigenvalue weighted by Crippen LogP contribution is 2.34. The van der Waals surface area contributed by atoms with Crippen LogP contribution in [0.3, 0.4) is 0 Å². The summed E-state index contributed by atoms with van der Waals surface area (Å²) in [5.74, 6) is 1.30. The Morgan fingerprint density at radius 2 is 2.00 bits per heavy atom. The van der Waals surface area contributed by atoms with E-state index in [-0.39, 0.29) is 12.7 Å². The molecule has 1 aliphatic heterocycles. The highest BCUT2D eigenvalue weighted by Gasteiger charge is 2.16. The maximum absolute atomic E-state index is 12.4. The van der Waals surface area contributed by atoms with Gasteiger partial charge in [-0.05, 0) is 30.7 Å². The molecule has 2 N–H and O–H groups in total. The number of rotatable bonds is 3. The number of ether oxygens (including phenoxy) is 2. The van der Waals surface area contributed by atoms with E-state index >= 15 is 0 Å². The quantitative estimate of drug-likeness (QED) is 0.779. The van der Waals surface area contributed by atoms with Crippen LogP contribution in [0.1, 0.15) is 11.3 Å². The number of amides is 1. The molecule has 0 aliphatic carbocycles. The summed E-state index contributed by atoms with van der Waals surface area (Å²) in [6.45, 7) is 2.21. The third-order valence-electron chi connectivity index (χ3n) is 4.02. The van der Waals surface area contributed by atoms with Crippen LogP contribution < -0.4 is 14.8 Å². The summed E-state index contributed by atoms with van der Waals surface area (Å²) in [6, 6.07) is 13.4. The van der Waals surface area contributed by atoms with Gasteiger partial charge in [0.1, 0.15) is 0 Å². The number of hydrogen-bond donors (Lipinski definition) is 2. The Hall–Kier alpha value is -2.95. The number of benzene rings is 2. The molecule has 2 aromatic carbocycles. The zero-order valence-electron chi connectivity index (χ0n) is 12.7. The first kappa shape index (κ1) is 13.7. The van der Waals surface area contributed by atoms with E-state index in [2.05, 4.69) is 10.3 Å². The van der Waals surface area contributed by atoms with E-state index < -0.39 is 0 Å². The number of nitrogens with one attached hydrogen (secondary N) is 2. The number of aromatic nitrogens is 1. The summed E-state index contributed by atoms with van der Waals surface area (Å²) in [4.78, 5) is 15.7. The van der Waals surface area contributed by atoms with Crippen LogP contribution in [-0.2, 0) is 11.2 Å². The zero-order chi connectivity index (χ0) is 15.8. The van der Waals surface area contributed by atoms with E-state index in [0.29, 0.717) is 23.6 Å². The third kappa shape index (κ3) is 2.50. The van der Waals surface area contributed by atoms with Crippen LogP contribution in [-0.4, -0.2) is 17.7 Å². The second-order valence-corrected chi connectivity index (χ2v) is 5.57. The van der Waals surface area contributed by atoms with Crippen molar-refractivity contribution in [3.05, 3.63) is 53.7 Å². The minimum atomic E-state index is -0.0586. The number of para-hydroxylation sites is 1. The maximum Gasteiger partial charge on any atom is 0.231 e. The first-order valence-corrected chi connectivity index (χ1v) is 7.46. The fourth-order valence-corrected chi connectivity index (χ4v) is 2.90. The number of carbonyl (C=O) groups excluding carboxylic acids is 1. The van der Waals surface area contributed by atoms with Crippen LogP contribution in [0.2, 0.25) is 0 Å². The van der Waals surface area contributed by atoms with Crippen molar-refractivity contribution in [1.82, 2.24) is 4.98 Å². The van der Waals surface area contributed by atoms with Crippen molar-refractivity contribution in [2.45, 2.75) is 13.3 Å². The molecule has 5 nitrogen and oxygen atoms in total. The van der Waals surface area contributed by atoms with E-state index in [1.165, 1.54) is 0 Å². The van der Waals surface area contributed by atoms with Crippen molar-refractivity contribution in [3.63, 3.8) is 0 Å². The number of carbonyl (C=O) groups is 1. The SMILES string of the molecule is Cc1[nH]c2ccccc2c1CC(=O)Nc1ccc2c(c1)OCO2. The topological polar surface area (TPSA) is 63.4 Å². The second-order valence-electron chi connectivity index (χ2n) is 5.57. The van der Waals surface area contributed by atoms with Crippen LogP contribution in [0, 0.1) is 6.92 Å². The number of anilines is 1. The monoisotopic (exact) mass is 308 g/mol. The molecule has 0 spiro atoms. The molecule has 0 saturated carbocycles. The van der Waals surface area contributed by atoms with Gasteiger partial charge in [-0.2, -0.15) is 0 Å². The van der Waals surface area contributed by atoms with Crippen LogP contribution in [0.25, 0.3) is 10.9 Å². The molecule has 1 amide bonds. The standard InChI is InChI=1S/C18H16N2O3/c1-11-14(13-4-2-3-5-15(13)19-11)9-18(21)20-12-6-7-16-17(8-12)23-10-22-16/h2-8,19H,9-10H2,1H3,(H,20,21). The smallest absolute Gasteiger partial charge is 0.231 e. The molecule has 1 aromatic heterocycles. The lowest BCUT2D eigenvalue weighted by molar-refractivity contribution is -0.115. The van der Waals surface area contributed by atoms with Crippen molar-refractivity contribution in [2.24, 2.45) is 0 Å². The lowest BCUT2D eigenvalue weighted by Crippen LogP contribution is -2.14. The van der Waals surface area contributed by atoms with E-state index in [0.717, 1.165) is 22.2 Å². The Balaban J connectivity index is 1.54. The Labute approximate surface area is 133 Å². The van der Waals surface area contributed by atoms with Gasteiger partial charge >= 0.3 is 0 Å². The van der Waals surface area contributed by atoms with Crippen molar-refractivity contribution < 1.29 is 14.3 Å². The second kappa shape index (κ2) is 5.35. The van der Waals surface area contributed by atoms with Gasteiger partial charge in [0, 0.05) is 28.4 Å². The number of hydrogen-bond acceptors (Lipinski definition) is 3. The van der Waals surface area contributed by atoms with Gasteiger partial charge < -0.3 is 19.8 Å². The molecule has 0 bridgehead atoms. The molecule has 116 valence electrons. The fourth-order valence-electron chi connectivity index (χ4n) is 2.90. The maximum atomic E-state index is 12.4. The normalized spacial score (nSPS) is 12.6. The highest BCUT2D eigenvalue weighted by molar-refractivity contribution is 5.96. The molecular weight excluding hydrogens is 292 g/mol. The van der Waals surface area contributed by atoms with Gasteiger partial charge in [0.25, 0.3) is 0 Å². The number of H-pyrrole nitrogens is 1. The molecule has 0 unspecified atom stereocenters. The van der Waals surface area contributed by atoms with Crippen LogP contribution in [0.15, 0.2) is 42.5 Å². The Morgan fingerprint density at radius 1 is 1.17 bits per heavy atom.